The van der Waals surface area contributed by atoms with E-state index in [0.29, 0.717) is 16.8 Å². The van der Waals surface area contributed by atoms with Crippen LogP contribution >= 0.6 is 0 Å². The Kier molecular flexibility index (Phi) is 11.0. The van der Waals surface area contributed by atoms with Crippen LogP contribution in [0.25, 0.3) is 10.8 Å². The van der Waals surface area contributed by atoms with Crippen LogP contribution in [0, 0.1) is 27.7 Å². The van der Waals surface area contributed by atoms with Crippen molar-refractivity contribution in [1.29, 1.82) is 0 Å². The Morgan fingerprint density at radius 1 is 0.500 bits per heavy atom. The molecule has 255 valence electrons. The van der Waals surface area contributed by atoms with Crippen LogP contribution in [-0.2, 0) is 17.1 Å². The zero-order valence-corrected chi connectivity index (χ0v) is 29.0. The molecule has 0 bridgehead atoms. The van der Waals surface area contributed by atoms with Crippen LogP contribution in [0.2, 0.25) is 0 Å². The molecule has 0 unspecified atom stereocenters. The summed E-state index contributed by atoms with van der Waals surface area (Å²) in [5, 5.41) is 52.8. The molecule has 0 aliphatic heterocycles. The van der Waals surface area contributed by atoms with Crippen molar-refractivity contribution < 1.29 is 32.0 Å². The molecular weight excluding hydrogens is 678 g/mol. The molecule has 0 amide bonds. The molecule has 0 heterocycles. The maximum atomic E-state index is 11.0. The number of hydrogen-bond acceptors (Lipinski definition) is 10. The van der Waals surface area contributed by atoms with Crippen molar-refractivity contribution in [3.05, 3.63) is 125 Å². The number of aromatic hydroxyl groups is 2. The molecule has 50 heavy (non-hydrogen) atoms. The molecule has 0 fully saturated rings. The molecule has 0 aliphatic rings. The van der Waals surface area contributed by atoms with Crippen LogP contribution in [0.4, 0.5) is 45.5 Å². The largest absolute Gasteiger partial charge is 0.506 e. The fourth-order valence-corrected chi connectivity index (χ4v) is 5.16. The predicted octanol–water partition coefficient (Wildman–Crippen LogP) is 12.5. The van der Waals surface area contributed by atoms with Gasteiger partial charge in [-0.25, -0.2) is 0 Å². The summed E-state index contributed by atoms with van der Waals surface area (Å²) in [5.74, 6) is 0.660. The van der Waals surface area contributed by atoms with E-state index in [1.165, 1.54) is 6.07 Å². The number of methoxy groups -OCH3 is 1. The zero-order chi connectivity index (χ0) is 34.5. The molecule has 0 saturated heterocycles. The van der Waals surface area contributed by atoms with E-state index in [1.54, 1.807) is 19.2 Å². The number of nitrogens with zero attached hydrogens (tertiary/aromatic N) is 6. The van der Waals surface area contributed by atoms with Gasteiger partial charge in [-0.2, -0.15) is 20.5 Å². The second-order valence-electron chi connectivity index (χ2n) is 11.7. The third kappa shape index (κ3) is 8.03. The van der Waals surface area contributed by atoms with Crippen molar-refractivity contribution in [2.75, 3.05) is 12.4 Å². The van der Waals surface area contributed by atoms with Gasteiger partial charge in [0.1, 0.15) is 22.9 Å². The van der Waals surface area contributed by atoms with Crippen molar-refractivity contribution in [2.45, 2.75) is 27.7 Å². The van der Waals surface area contributed by atoms with E-state index in [1.807, 2.05) is 113 Å². The quantitative estimate of drug-likeness (QED) is 0.101. The molecule has 10 nitrogen and oxygen atoms in total. The Balaban J connectivity index is 0.00000486. The number of nitrogens with one attached hydrogen (secondary N) is 1. The summed E-state index contributed by atoms with van der Waals surface area (Å²) in [6.45, 7) is 7.74. The van der Waals surface area contributed by atoms with Gasteiger partial charge in [0.15, 0.2) is 5.75 Å². The fourth-order valence-electron chi connectivity index (χ4n) is 5.16. The second kappa shape index (κ2) is 15.5. The van der Waals surface area contributed by atoms with Crippen LogP contribution in [0.5, 0.6) is 17.2 Å². The second-order valence-corrected chi connectivity index (χ2v) is 11.7. The number of rotatable bonds is 9. The minimum Gasteiger partial charge on any atom is -0.506 e. The summed E-state index contributed by atoms with van der Waals surface area (Å²) in [6, 6.07) is 31.7. The number of benzene rings is 6. The molecule has 0 spiro atoms. The maximum Gasteiger partial charge on any atom is 0.150 e. The van der Waals surface area contributed by atoms with Crippen LogP contribution < -0.4 is 10.1 Å². The molecule has 6 aromatic carbocycles. The fraction of sp³-hybridized carbons (Fsp3) is 0.128. The smallest absolute Gasteiger partial charge is 0.150 e. The van der Waals surface area contributed by atoms with Gasteiger partial charge >= 0.3 is 0 Å². The molecule has 6 aromatic rings. The Hall–Kier alpha value is -5.90. The number of azo groups is 3. The molecule has 11 heteroatoms. The number of aryl methyl sites for hydroxylation is 4. The minimum absolute atomic E-state index is 0. The van der Waals surface area contributed by atoms with E-state index in [-0.39, 0.29) is 39.9 Å². The molecular formula is C39H35CuN7O3. The molecule has 3 N–H and O–H groups in total. The standard InChI is InChI=1S/C39H35N7O3.Cu/c1-23-8-6-7-9-32(23)41-43-34-18-25(3)35(19-24(34)2)44-45-36-22-38(47)37(20-26(36)4)46-42-33-17-10-27-21-29(13-16-31(27)39(33)48)40-28-11-14-30(49-5)15-12-28;/h6-22,40,47-48H,1-5H3;. The third-order valence-corrected chi connectivity index (χ3v) is 8.07. The van der Waals surface area contributed by atoms with Gasteiger partial charge in [-0.15, -0.1) is 10.2 Å². The first-order chi connectivity index (χ1) is 23.7. The van der Waals surface area contributed by atoms with E-state index >= 15 is 0 Å². The Morgan fingerprint density at radius 3 is 1.68 bits per heavy atom. The van der Waals surface area contributed by atoms with Gasteiger partial charge in [0.2, 0.25) is 0 Å². The normalized spacial score (nSPS) is 11.5. The van der Waals surface area contributed by atoms with Crippen molar-refractivity contribution in [1.82, 2.24) is 0 Å². The van der Waals surface area contributed by atoms with Crippen molar-refractivity contribution >= 4 is 56.3 Å². The summed E-state index contributed by atoms with van der Waals surface area (Å²) < 4.78 is 5.22. The van der Waals surface area contributed by atoms with Crippen LogP contribution in [-0.4, -0.2) is 17.3 Å². The van der Waals surface area contributed by atoms with E-state index in [2.05, 4.69) is 36.0 Å². The molecule has 0 aliphatic carbocycles. The van der Waals surface area contributed by atoms with Gasteiger partial charge in [-0.05, 0) is 128 Å². The first-order valence-electron chi connectivity index (χ1n) is 15.6. The number of phenolic OH excluding ortho intramolecular Hbond substituents is 2. The van der Waals surface area contributed by atoms with Crippen LogP contribution in [0.15, 0.2) is 134 Å². The number of phenols is 2. The SMILES string of the molecule is COc1ccc(Nc2ccc3c(O)c(N=Nc4cc(C)c(N=Nc5cc(C)c(N=Nc6ccccc6C)cc5C)cc4O)ccc3c2)cc1.[Cu]. The summed E-state index contributed by atoms with van der Waals surface area (Å²) in [6.07, 6.45) is 0. The molecule has 6 rings (SSSR count). The summed E-state index contributed by atoms with van der Waals surface area (Å²) in [5.41, 5.74) is 8.65. The molecule has 0 atom stereocenters. The Labute approximate surface area is 300 Å². The van der Waals surface area contributed by atoms with Crippen LogP contribution in [0.1, 0.15) is 22.3 Å². The zero-order valence-electron chi connectivity index (χ0n) is 28.1. The molecule has 1 radical (unpaired) electrons. The van der Waals surface area contributed by atoms with Gasteiger partial charge in [-0.3, -0.25) is 0 Å². The van der Waals surface area contributed by atoms with Gasteiger partial charge in [-0.1, -0.05) is 24.3 Å². The van der Waals surface area contributed by atoms with E-state index < -0.39 is 0 Å². The van der Waals surface area contributed by atoms with Gasteiger partial charge in [0.05, 0.1) is 29.9 Å². The van der Waals surface area contributed by atoms with Gasteiger partial charge in [0, 0.05) is 39.9 Å². The van der Waals surface area contributed by atoms with Gasteiger partial charge < -0.3 is 20.3 Å². The van der Waals surface area contributed by atoms with Crippen molar-refractivity contribution in [3.8, 4) is 17.2 Å². The number of fused-ring (bicyclic) bond motifs is 1. The summed E-state index contributed by atoms with van der Waals surface area (Å²) >= 11 is 0. The third-order valence-electron chi connectivity index (χ3n) is 8.07. The molecule has 0 aromatic heterocycles. The summed E-state index contributed by atoms with van der Waals surface area (Å²) in [4.78, 5) is 0. The van der Waals surface area contributed by atoms with E-state index in [4.69, 9.17) is 4.74 Å². The monoisotopic (exact) mass is 712 g/mol. The first-order valence-corrected chi connectivity index (χ1v) is 15.6. The predicted molar refractivity (Wildman–Crippen MR) is 194 cm³/mol. The minimum atomic E-state index is -0.113. The first kappa shape index (κ1) is 35.4. The van der Waals surface area contributed by atoms with Gasteiger partial charge in [0.25, 0.3) is 0 Å². The topological polar surface area (TPSA) is 136 Å². The van der Waals surface area contributed by atoms with Crippen molar-refractivity contribution in [3.63, 3.8) is 0 Å². The average molecular weight is 713 g/mol. The molecule has 0 saturated carbocycles. The van der Waals surface area contributed by atoms with Crippen molar-refractivity contribution in [2.24, 2.45) is 30.7 Å². The maximum absolute atomic E-state index is 11.0. The average Bonchev–Trinajstić information content (AvgIpc) is 3.10. The Morgan fingerprint density at radius 2 is 1.04 bits per heavy atom. The van der Waals surface area contributed by atoms with E-state index in [0.717, 1.165) is 56.1 Å². The number of ether oxygens (including phenoxy) is 1. The number of hydrogen-bond donors (Lipinski definition) is 3. The number of anilines is 2. The van der Waals surface area contributed by atoms with Crippen LogP contribution in [0.3, 0.4) is 0 Å². The Bertz CT molecular complexity index is 2270. The summed E-state index contributed by atoms with van der Waals surface area (Å²) in [7, 11) is 1.63. The van der Waals surface area contributed by atoms with E-state index in [9.17, 15) is 10.2 Å².